The molecule has 4 nitrogen and oxygen atoms in total. The van der Waals surface area contributed by atoms with Gasteiger partial charge in [0.2, 0.25) is 0 Å². The number of amides is 1. The number of rotatable bonds is 8. The van der Waals surface area contributed by atoms with E-state index in [-0.39, 0.29) is 5.91 Å². The number of nitrogens with one attached hydrogen (secondary N) is 1. The minimum atomic E-state index is -0.0987. The molecule has 0 aliphatic rings. The molecule has 0 atom stereocenters. The summed E-state index contributed by atoms with van der Waals surface area (Å²) in [4.78, 5) is 16.7. The molecule has 3 rings (SSSR count). The lowest BCUT2D eigenvalue weighted by atomic mass is 10.1. The number of fused-ring (bicyclic) bond motifs is 1. The molecule has 0 spiro atoms. The van der Waals surface area contributed by atoms with Crippen LogP contribution in [0.3, 0.4) is 0 Å². The second-order valence-corrected chi connectivity index (χ2v) is 6.30. The summed E-state index contributed by atoms with van der Waals surface area (Å²) in [5, 5.41) is 3.92. The summed E-state index contributed by atoms with van der Waals surface area (Å²) >= 11 is 0. The highest BCUT2D eigenvalue weighted by Gasteiger charge is 2.07. The number of pyridine rings is 1. The largest absolute Gasteiger partial charge is 0.494 e. The number of hydrogen-bond acceptors (Lipinski definition) is 3. The van der Waals surface area contributed by atoms with Crippen molar-refractivity contribution < 1.29 is 9.53 Å². The van der Waals surface area contributed by atoms with Crippen molar-refractivity contribution in [3.05, 3.63) is 84.1 Å². The molecule has 1 aromatic heterocycles. The van der Waals surface area contributed by atoms with Crippen molar-refractivity contribution in [3.63, 3.8) is 0 Å². The average Bonchev–Trinajstić information content (AvgIpc) is 2.72. The molecule has 0 fully saturated rings. The van der Waals surface area contributed by atoms with Crippen molar-refractivity contribution in [1.82, 2.24) is 10.3 Å². The monoisotopic (exact) mass is 360 g/mol. The summed E-state index contributed by atoms with van der Waals surface area (Å²) in [7, 11) is 0. The van der Waals surface area contributed by atoms with Crippen molar-refractivity contribution in [2.75, 3.05) is 6.61 Å². The Bertz CT molecular complexity index is 934. The molecule has 0 bridgehead atoms. The number of aromatic nitrogens is 1. The smallest absolute Gasteiger partial charge is 0.251 e. The Balaban J connectivity index is 1.55. The van der Waals surface area contributed by atoms with Gasteiger partial charge in [-0.2, -0.15) is 0 Å². The van der Waals surface area contributed by atoms with Crippen LogP contribution in [0.1, 0.15) is 35.7 Å². The predicted molar refractivity (Wildman–Crippen MR) is 109 cm³/mol. The van der Waals surface area contributed by atoms with Gasteiger partial charge in [0.25, 0.3) is 5.91 Å². The minimum Gasteiger partial charge on any atom is -0.494 e. The molecule has 138 valence electrons. The Kier molecular flexibility index (Phi) is 6.58. The number of hydrogen-bond donors (Lipinski definition) is 1. The highest BCUT2D eigenvalue weighted by atomic mass is 16.5. The number of benzene rings is 2. The summed E-state index contributed by atoms with van der Waals surface area (Å²) in [5.41, 5.74) is 2.52. The molecule has 1 amide bonds. The van der Waals surface area contributed by atoms with Crippen LogP contribution in [0.4, 0.5) is 0 Å². The van der Waals surface area contributed by atoms with E-state index in [1.54, 1.807) is 12.3 Å². The maximum Gasteiger partial charge on any atom is 0.251 e. The van der Waals surface area contributed by atoms with E-state index in [4.69, 9.17) is 4.74 Å². The zero-order valence-corrected chi connectivity index (χ0v) is 15.5. The van der Waals surface area contributed by atoms with Gasteiger partial charge in [-0.25, -0.2) is 0 Å². The summed E-state index contributed by atoms with van der Waals surface area (Å²) in [6, 6.07) is 17.2. The molecule has 4 heteroatoms. The first-order chi connectivity index (χ1) is 13.3. The Morgan fingerprint density at radius 1 is 1.15 bits per heavy atom. The van der Waals surface area contributed by atoms with Crippen molar-refractivity contribution in [1.29, 1.82) is 0 Å². The van der Waals surface area contributed by atoms with Crippen LogP contribution in [0.5, 0.6) is 5.75 Å². The van der Waals surface area contributed by atoms with Crippen molar-refractivity contribution in [2.45, 2.75) is 26.3 Å². The summed E-state index contributed by atoms with van der Waals surface area (Å²) in [6.45, 7) is 3.17. The first-order valence-electron chi connectivity index (χ1n) is 9.22. The first kappa shape index (κ1) is 18.6. The summed E-state index contributed by atoms with van der Waals surface area (Å²) < 4.78 is 5.78. The third-order valence-corrected chi connectivity index (χ3v) is 4.24. The van der Waals surface area contributed by atoms with Gasteiger partial charge >= 0.3 is 0 Å². The van der Waals surface area contributed by atoms with Crippen LogP contribution in [0, 0.1) is 0 Å². The minimum absolute atomic E-state index is 0.0987. The number of carbonyl (C=O) groups is 1. The van der Waals surface area contributed by atoms with Crippen molar-refractivity contribution >= 4 is 16.8 Å². The first-order valence-corrected chi connectivity index (χ1v) is 9.22. The van der Waals surface area contributed by atoms with Gasteiger partial charge in [-0.1, -0.05) is 30.4 Å². The standard InChI is InChI=1S/C23H24N2O2/c1-2-3-4-5-14-27-21-10-6-8-18(15-21)17-25-23(26)20-11-12-22-19(16-20)9-7-13-24-22/h2-3,6-13,15-16H,4-5,14,17H2,1H3,(H,25,26). The fourth-order valence-electron chi connectivity index (χ4n) is 2.80. The van der Waals surface area contributed by atoms with Crippen LogP contribution < -0.4 is 10.1 Å². The quantitative estimate of drug-likeness (QED) is 0.459. The lowest BCUT2D eigenvalue weighted by Crippen LogP contribution is -2.22. The van der Waals surface area contributed by atoms with E-state index in [9.17, 15) is 4.79 Å². The van der Waals surface area contributed by atoms with Crippen LogP contribution in [-0.2, 0) is 6.54 Å². The highest BCUT2D eigenvalue weighted by Crippen LogP contribution is 2.15. The third kappa shape index (κ3) is 5.42. The zero-order valence-electron chi connectivity index (χ0n) is 15.5. The summed E-state index contributed by atoms with van der Waals surface area (Å²) in [6.07, 6.45) is 7.95. The molecule has 27 heavy (non-hydrogen) atoms. The molecule has 0 saturated heterocycles. The lowest BCUT2D eigenvalue weighted by Gasteiger charge is -2.09. The lowest BCUT2D eigenvalue weighted by molar-refractivity contribution is 0.0951. The second-order valence-electron chi connectivity index (χ2n) is 6.30. The normalized spacial score (nSPS) is 11.0. The maximum absolute atomic E-state index is 12.4. The van der Waals surface area contributed by atoms with Crippen molar-refractivity contribution in [3.8, 4) is 5.75 Å². The van der Waals surface area contributed by atoms with E-state index in [0.29, 0.717) is 18.7 Å². The van der Waals surface area contributed by atoms with Crippen LogP contribution in [-0.4, -0.2) is 17.5 Å². The molecular formula is C23H24N2O2. The van der Waals surface area contributed by atoms with E-state index in [1.807, 2.05) is 55.5 Å². The fraction of sp³-hybridized carbons (Fsp3) is 0.217. The van der Waals surface area contributed by atoms with E-state index in [0.717, 1.165) is 35.1 Å². The van der Waals surface area contributed by atoms with E-state index >= 15 is 0 Å². The average molecular weight is 360 g/mol. The number of ether oxygens (including phenoxy) is 1. The molecule has 0 saturated carbocycles. The SMILES string of the molecule is CC=CCCCOc1cccc(CNC(=O)c2ccc3ncccc3c2)c1. The van der Waals surface area contributed by atoms with Gasteiger partial charge in [0.05, 0.1) is 12.1 Å². The molecule has 0 aliphatic carbocycles. The van der Waals surface area contributed by atoms with Gasteiger partial charge in [0, 0.05) is 23.7 Å². The predicted octanol–water partition coefficient (Wildman–Crippen LogP) is 4.90. The summed E-state index contributed by atoms with van der Waals surface area (Å²) in [5.74, 6) is 0.734. The number of carbonyl (C=O) groups excluding carboxylic acids is 1. The van der Waals surface area contributed by atoms with Crippen LogP contribution in [0.25, 0.3) is 10.9 Å². The molecule has 2 aromatic carbocycles. The molecule has 3 aromatic rings. The molecule has 0 unspecified atom stereocenters. The van der Waals surface area contributed by atoms with Crippen molar-refractivity contribution in [2.24, 2.45) is 0 Å². The Morgan fingerprint density at radius 3 is 2.96 bits per heavy atom. The van der Waals surface area contributed by atoms with E-state index in [2.05, 4.69) is 22.5 Å². The van der Waals surface area contributed by atoms with Crippen LogP contribution >= 0.6 is 0 Å². The third-order valence-electron chi connectivity index (χ3n) is 4.24. The maximum atomic E-state index is 12.4. The number of unbranched alkanes of at least 4 members (excludes halogenated alkanes) is 1. The van der Waals surface area contributed by atoms with Crippen LogP contribution in [0.15, 0.2) is 72.9 Å². The Hall–Kier alpha value is -3.14. The molecule has 0 radical (unpaired) electrons. The molecule has 1 N–H and O–H groups in total. The molecular weight excluding hydrogens is 336 g/mol. The molecule has 1 heterocycles. The van der Waals surface area contributed by atoms with E-state index in [1.165, 1.54) is 0 Å². The van der Waals surface area contributed by atoms with E-state index < -0.39 is 0 Å². The molecule has 0 aliphatic heterocycles. The Labute approximate surface area is 159 Å². The topological polar surface area (TPSA) is 51.2 Å². The van der Waals surface area contributed by atoms with Gasteiger partial charge < -0.3 is 10.1 Å². The number of allylic oxidation sites excluding steroid dienone is 2. The van der Waals surface area contributed by atoms with Gasteiger partial charge in [-0.15, -0.1) is 0 Å². The van der Waals surface area contributed by atoms with Gasteiger partial charge in [-0.05, 0) is 61.7 Å². The zero-order chi connectivity index (χ0) is 18.9. The van der Waals surface area contributed by atoms with Gasteiger partial charge in [0.1, 0.15) is 5.75 Å². The second kappa shape index (κ2) is 9.53. The van der Waals surface area contributed by atoms with Crippen LogP contribution in [0.2, 0.25) is 0 Å². The number of nitrogens with zero attached hydrogens (tertiary/aromatic N) is 1. The Morgan fingerprint density at radius 2 is 2.07 bits per heavy atom. The van der Waals surface area contributed by atoms with Gasteiger partial charge in [-0.3, -0.25) is 9.78 Å². The van der Waals surface area contributed by atoms with Gasteiger partial charge in [0.15, 0.2) is 0 Å². The highest BCUT2D eigenvalue weighted by molar-refractivity contribution is 5.97. The fourth-order valence-corrected chi connectivity index (χ4v) is 2.80.